The summed E-state index contributed by atoms with van der Waals surface area (Å²) < 4.78 is 0. The molecule has 1 heterocycles. The fourth-order valence-electron chi connectivity index (χ4n) is 3.43. The summed E-state index contributed by atoms with van der Waals surface area (Å²) in [6.07, 6.45) is 0. The van der Waals surface area contributed by atoms with Gasteiger partial charge in [-0.2, -0.15) is 0 Å². The zero-order valence-corrected chi connectivity index (χ0v) is 13.9. The molecule has 2 nitrogen and oxygen atoms in total. The molecule has 3 rings (SSSR count). The number of halogens is 1. The molecule has 0 bridgehead atoms. The lowest BCUT2D eigenvalue weighted by Crippen LogP contribution is -2.23. The maximum Gasteiger partial charge on any atom is 0.0236 e. The first-order chi connectivity index (χ1) is 10.3. The molecule has 0 radical (unpaired) electrons. The van der Waals surface area contributed by atoms with Crippen molar-refractivity contribution in [3.8, 4) is 0 Å². The van der Waals surface area contributed by atoms with Crippen molar-refractivity contribution in [1.29, 1.82) is 0 Å². The minimum absolute atomic E-state index is 0. The second kappa shape index (κ2) is 7.77. The van der Waals surface area contributed by atoms with Crippen molar-refractivity contribution in [2.45, 2.75) is 19.4 Å². The SMILES string of the molecule is Cc1ccccc1CN1C[C@@H](CN)[C@H](c2ccccc2)C1.Cl. The predicted molar refractivity (Wildman–Crippen MR) is 95.4 cm³/mol. The van der Waals surface area contributed by atoms with Crippen molar-refractivity contribution >= 4 is 12.4 Å². The lowest BCUT2D eigenvalue weighted by Gasteiger charge is -2.17. The van der Waals surface area contributed by atoms with E-state index in [0.717, 1.165) is 26.2 Å². The molecule has 22 heavy (non-hydrogen) atoms. The van der Waals surface area contributed by atoms with Gasteiger partial charge >= 0.3 is 0 Å². The number of aryl methyl sites for hydroxylation is 1. The molecule has 0 aromatic heterocycles. The topological polar surface area (TPSA) is 29.3 Å². The van der Waals surface area contributed by atoms with Crippen LogP contribution < -0.4 is 5.73 Å². The third kappa shape index (κ3) is 3.70. The standard InChI is InChI=1S/C19H24N2.ClH/c1-15-7-5-6-10-17(15)12-21-13-18(11-20)19(14-21)16-8-3-2-4-9-16;/h2-10,18-19H,11-14,20H2,1H3;1H/t18-,19+;/m1./s1. The zero-order chi connectivity index (χ0) is 14.7. The Labute approximate surface area is 139 Å². The Bertz CT molecular complexity index is 585. The van der Waals surface area contributed by atoms with Crippen molar-refractivity contribution < 1.29 is 0 Å². The highest BCUT2D eigenvalue weighted by molar-refractivity contribution is 5.85. The quantitative estimate of drug-likeness (QED) is 0.934. The molecule has 0 unspecified atom stereocenters. The van der Waals surface area contributed by atoms with Gasteiger partial charge in [-0.3, -0.25) is 4.90 Å². The summed E-state index contributed by atoms with van der Waals surface area (Å²) in [5, 5.41) is 0. The largest absolute Gasteiger partial charge is 0.330 e. The van der Waals surface area contributed by atoms with E-state index in [1.807, 2.05) is 0 Å². The summed E-state index contributed by atoms with van der Waals surface area (Å²) in [6, 6.07) is 19.5. The van der Waals surface area contributed by atoms with E-state index in [-0.39, 0.29) is 12.4 Å². The lowest BCUT2D eigenvalue weighted by atomic mass is 9.89. The van der Waals surface area contributed by atoms with Crippen LogP contribution in [0, 0.1) is 12.8 Å². The Morgan fingerprint density at radius 3 is 2.36 bits per heavy atom. The van der Waals surface area contributed by atoms with Crippen LogP contribution in [0.1, 0.15) is 22.6 Å². The maximum absolute atomic E-state index is 6.02. The van der Waals surface area contributed by atoms with Crippen LogP contribution in [0.3, 0.4) is 0 Å². The fraction of sp³-hybridized carbons (Fsp3) is 0.368. The number of likely N-dealkylation sites (tertiary alicyclic amines) is 1. The summed E-state index contributed by atoms with van der Waals surface area (Å²) in [5.41, 5.74) is 10.3. The molecule has 0 aliphatic carbocycles. The monoisotopic (exact) mass is 316 g/mol. The molecule has 0 spiro atoms. The maximum atomic E-state index is 6.02. The number of nitrogens with zero attached hydrogens (tertiary/aromatic N) is 1. The normalized spacial score (nSPS) is 21.5. The van der Waals surface area contributed by atoms with Crippen molar-refractivity contribution in [3.05, 3.63) is 71.3 Å². The second-order valence-electron chi connectivity index (χ2n) is 6.13. The highest BCUT2D eigenvalue weighted by Gasteiger charge is 2.32. The van der Waals surface area contributed by atoms with E-state index in [1.165, 1.54) is 16.7 Å². The molecule has 2 atom stereocenters. The highest BCUT2D eigenvalue weighted by Crippen LogP contribution is 2.32. The molecule has 2 N–H and O–H groups in total. The molecule has 1 fully saturated rings. The van der Waals surface area contributed by atoms with E-state index in [4.69, 9.17) is 5.73 Å². The van der Waals surface area contributed by atoms with Gasteiger partial charge in [0.25, 0.3) is 0 Å². The van der Waals surface area contributed by atoms with Crippen LogP contribution in [0.2, 0.25) is 0 Å². The van der Waals surface area contributed by atoms with Crippen molar-refractivity contribution in [2.24, 2.45) is 11.7 Å². The first-order valence-corrected chi connectivity index (χ1v) is 7.80. The van der Waals surface area contributed by atoms with Crippen LogP contribution in [0.25, 0.3) is 0 Å². The number of rotatable bonds is 4. The first-order valence-electron chi connectivity index (χ1n) is 7.80. The second-order valence-corrected chi connectivity index (χ2v) is 6.13. The van der Waals surface area contributed by atoms with Gasteiger partial charge in [0.2, 0.25) is 0 Å². The van der Waals surface area contributed by atoms with Crippen molar-refractivity contribution in [3.63, 3.8) is 0 Å². The van der Waals surface area contributed by atoms with Crippen LogP contribution in [-0.4, -0.2) is 24.5 Å². The molecule has 2 aromatic carbocycles. The molecule has 1 saturated heterocycles. The van der Waals surface area contributed by atoms with Gasteiger partial charge in [-0.15, -0.1) is 12.4 Å². The lowest BCUT2D eigenvalue weighted by molar-refractivity contribution is 0.316. The summed E-state index contributed by atoms with van der Waals surface area (Å²) >= 11 is 0. The van der Waals surface area contributed by atoms with Gasteiger partial charge in [-0.1, -0.05) is 54.6 Å². The van der Waals surface area contributed by atoms with Crippen LogP contribution in [0.15, 0.2) is 54.6 Å². The van der Waals surface area contributed by atoms with Crippen molar-refractivity contribution in [1.82, 2.24) is 4.90 Å². The van der Waals surface area contributed by atoms with E-state index in [9.17, 15) is 0 Å². The number of hydrogen-bond donors (Lipinski definition) is 1. The van der Waals surface area contributed by atoms with E-state index in [2.05, 4.69) is 66.4 Å². The summed E-state index contributed by atoms with van der Waals surface area (Å²) in [4.78, 5) is 2.55. The Kier molecular flexibility index (Phi) is 6.01. The van der Waals surface area contributed by atoms with Crippen LogP contribution >= 0.6 is 12.4 Å². The van der Waals surface area contributed by atoms with Gasteiger partial charge in [-0.05, 0) is 36.1 Å². The Morgan fingerprint density at radius 2 is 1.68 bits per heavy atom. The van der Waals surface area contributed by atoms with Crippen LogP contribution in [-0.2, 0) is 6.54 Å². The van der Waals surface area contributed by atoms with Gasteiger partial charge in [0, 0.05) is 25.6 Å². The van der Waals surface area contributed by atoms with Crippen LogP contribution in [0.5, 0.6) is 0 Å². The molecule has 2 aromatic rings. The summed E-state index contributed by atoms with van der Waals surface area (Å²) in [7, 11) is 0. The van der Waals surface area contributed by atoms with Gasteiger partial charge in [0.15, 0.2) is 0 Å². The predicted octanol–water partition coefficient (Wildman–Crippen LogP) is 3.59. The Morgan fingerprint density at radius 1 is 1.00 bits per heavy atom. The van der Waals surface area contributed by atoms with E-state index < -0.39 is 0 Å². The Balaban J connectivity index is 0.00000176. The average molecular weight is 317 g/mol. The molecule has 1 aliphatic rings. The van der Waals surface area contributed by atoms with Gasteiger partial charge in [-0.25, -0.2) is 0 Å². The average Bonchev–Trinajstić information content (AvgIpc) is 2.93. The smallest absolute Gasteiger partial charge is 0.0236 e. The van der Waals surface area contributed by atoms with Crippen molar-refractivity contribution in [2.75, 3.05) is 19.6 Å². The van der Waals surface area contributed by atoms with E-state index in [0.29, 0.717) is 11.8 Å². The minimum Gasteiger partial charge on any atom is -0.330 e. The third-order valence-electron chi connectivity index (χ3n) is 4.70. The molecular weight excluding hydrogens is 292 g/mol. The number of hydrogen-bond acceptors (Lipinski definition) is 2. The van der Waals surface area contributed by atoms with Gasteiger partial charge < -0.3 is 5.73 Å². The Hall–Kier alpha value is -1.35. The third-order valence-corrected chi connectivity index (χ3v) is 4.70. The summed E-state index contributed by atoms with van der Waals surface area (Å²) in [6.45, 7) is 6.21. The van der Waals surface area contributed by atoms with E-state index in [1.54, 1.807) is 0 Å². The van der Waals surface area contributed by atoms with E-state index >= 15 is 0 Å². The molecule has 0 amide bonds. The van der Waals surface area contributed by atoms with Gasteiger partial charge in [0.05, 0.1) is 0 Å². The fourth-order valence-corrected chi connectivity index (χ4v) is 3.43. The number of benzene rings is 2. The molecule has 1 aliphatic heterocycles. The zero-order valence-electron chi connectivity index (χ0n) is 13.1. The first kappa shape index (κ1) is 17.0. The molecule has 0 saturated carbocycles. The molecule has 118 valence electrons. The highest BCUT2D eigenvalue weighted by atomic mass is 35.5. The van der Waals surface area contributed by atoms with Gasteiger partial charge in [0.1, 0.15) is 0 Å². The number of nitrogens with two attached hydrogens (primary N) is 1. The molecule has 3 heteroatoms. The molecular formula is C19H25ClN2. The summed E-state index contributed by atoms with van der Waals surface area (Å²) in [5.74, 6) is 1.14. The van der Waals surface area contributed by atoms with Crippen LogP contribution in [0.4, 0.5) is 0 Å². The minimum atomic E-state index is 0.